The van der Waals surface area contributed by atoms with E-state index in [0.29, 0.717) is 11.3 Å². The lowest BCUT2D eigenvalue weighted by atomic mass is 10.2. The molecule has 0 aliphatic heterocycles. The fourth-order valence-electron chi connectivity index (χ4n) is 2.22. The number of carbonyl (C=O) groups is 1. The third-order valence-corrected chi connectivity index (χ3v) is 3.58. The maximum Gasteiger partial charge on any atom is 0.307 e. The van der Waals surface area contributed by atoms with E-state index in [2.05, 4.69) is 10.5 Å². The number of nitrogens with zero attached hydrogens (tertiary/aromatic N) is 2. The normalized spacial score (nSPS) is 10.7. The Bertz CT molecular complexity index is 950. The van der Waals surface area contributed by atoms with Gasteiger partial charge in [-0.05, 0) is 42.0 Å². The zero-order valence-corrected chi connectivity index (χ0v) is 14.1. The first-order valence-corrected chi connectivity index (χ1v) is 7.95. The highest BCUT2D eigenvalue weighted by Crippen LogP contribution is 2.19. The lowest BCUT2D eigenvalue weighted by Crippen LogP contribution is -2.16. The minimum Gasteiger partial charge on any atom is -0.488 e. The van der Waals surface area contributed by atoms with Gasteiger partial charge in [0.2, 0.25) is 0 Å². The number of para-hydroxylation sites is 1. The predicted octanol–water partition coefficient (Wildman–Crippen LogP) is 3.53. The summed E-state index contributed by atoms with van der Waals surface area (Å²) < 4.78 is 10.7. The fraction of sp³-hybridized carbons (Fsp3) is 0.0526. The van der Waals surface area contributed by atoms with E-state index in [1.165, 1.54) is 30.7 Å². The summed E-state index contributed by atoms with van der Waals surface area (Å²) in [5.41, 5.74) is 3.85. The van der Waals surface area contributed by atoms with Crippen LogP contribution in [0.2, 0.25) is 0 Å². The van der Waals surface area contributed by atoms with E-state index in [-0.39, 0.29) is 18.1 Å². The molecule has 1 N–H and O–H groups in total. The van der Waals surface area contributed by atoms with Gasteiger partial charge in [-0.1, -0.05) is 12.1 Å². The Morgan fingerprint density at radius 2 is 1.93 bits per heavy atom. The van der Waals surface area contributed by atoms with Gasteiger partial charge < -0.3 is 9.15 Å². The van der Waals surface area contributed by atoms with E-state index in [4.69, 9.17) is 9.15 Å². The summed E-state index contributed by atoms with van der Waals surface area (Å²) in [5, 5.41) is 14.6. The summed E-state index contributed by atoms with van der Waals surface area (Å²) in [5.74, 6) is 0.266. The molecule has 1 aromatic heterocycles. The van der Waals surface area contributed by atoms with Gasteiger partial charge in [0.25, 0.3) is 5.69 Å². The van der Waals surface area contributed by atoms with Crippen molar-refractivity contribution in [3.63, 3.8) is 0 Å². The second-order valence-electron chi connectivity index (χ2n) is 5.43. The average Bonchev–Trinajstić information content (AvgIpc) is 3.22. The standard InChI is InChI=1S/C19H15N3O5/c23-19(18-6-3-11-26-18)21-20-12-15-4-1-2-5-17(15)27-13-14-7-9-16(10-8-14)22(24)25/h1-12H,13H2,(H,21,23)/b20-12-. The van der Waals surface area contributed by atoms with Crippen LogP contribution >= 0.6 is 0 Å². The lowest BCUT2D eigenvalue weighted by molar-refractivity contribution is -0.384. The number of furan rings is 1. The average molecular weight is 365 g/mol. The van der Waals surface area contributed by atoms with Crippen molar-refractivity contribution in [3.05, 3.63) is 93.9 Å². The van der Waals surface area contributed by atoms with Crippen LogP contribution in [0.15, 0.2) is 76.4 Å². The number of amides is 1. The highest BCUT2D eigenvalue weighted by molar-refractivity contribution is 5.92. The van der Waals surface area contributed by atoms with E-state index in [1.807, 2.05) is 12.1 Å². The van der Waals surface area contributed by atoms with Crippen molar-refractivity contribution in [1.29, 1.82) is 0 Å². The molecule has 27 heavy (non-hydrogen) atoms. The zero-order chi connectivity index (χ0) is 19.1. The number of nitrogens with one attached hydrogen (secondary N) is 1. The highest BCUT2D eigenvalue weighted by Gasteiger charge is 2.07. The largest absolute Gasteiger partial charge is 0.488 e. The molecule has 3 aromatic rings. The molecule has 0 saturated heterocycles. The SMILES string of the molecule is O=C(N/N=C\c1ccccc1OCc1ccc([N+](=O)[O-])cc1)c1ccco1. The van der Waals surface area contributed by atoms with Gasteiger partial charge >= 0.3 is 5.91 Å². The number of nitro benzene ring substituents is 1. The van der Waals surface area contributed by atoms with Crippen LogP contribution in [0.4, 0.5) is 5.69 Å². The van der Waals surface area contributed by atoms with E-state index in [0.717, 1.165) is 5.56 Å². The topological polar surface area (TPSA) is 107 Å². The van der Waals surface area contributed by atoms with Crippen LogP contribution in [-0.2, 0) is 6.61 Å². The Morgan fingerprint density at radius 1 is 1.15 bits per heavy atom. The first kappa shape index (κ1) is 17.9. The van der Waals surface area contributed by atoms with Crippen LogP contribution in [0.5, 0.6) is 5.75 Å². The van der Waals surface area contributed by atoms with Crippen LogP contribution in [0.1, 0.15) is 21.7 Å². The molecule has 0 unspecified atom stereocenters. The van der Waals surface area contributed by atoms with Crippen LogP contribution in [0.3, 0.4) is 0 Å². The Hall–Kier alpha value is -3.94. The molecule has 0 aliphatic rings. The quantitative estimate of drug-likeness (QED) is 0.391. The number of ether oxygens (including phenoxy) is 1. The van der Waals surface area contributed by atoms with E-state index in [1.54, 1.807) is 30.3 Å². The Kier molecular flexibility index (Phi) is 5.58. The molecule has 0 bridgehead atoms. The van der Waals surface area contributed by atoms with Crippen molar-refractivity contribution in [2.24, 2.45) is 5.10 Å². The lowest BCUT2D eigenvalue weighted by Gasteiger charge is -2.09. The summed E-state index contributed by atoms with van der Waals surface area (Å²) in [6, 6.07) is 16.4. The minimum atomic E-state index is -0.458. The number of benzene rings is 2. The Morgan fingerprint density at radius 3 is 2.63 bits per heavy atom. The van der Waals surface area contributed by atoms with Gasteiger partial charge in [0.05, 0.1) is 17.4 Å². The number of non-ortho nitro benzene ring substituents is 1. The smallest absolute Gasteiger partial charge is 0.307 e. The summed E-state index contributed by atoms with van der Waals surface area (Å²) in [6.45, 7) is 0.238. The van der Waals surface area contributed by atoms with Gasteiger partial charge in [-0.15, -0.1) is 0 Å². The first-order chi connectivity index (χ1) is 13.1. The van der Waals surface area contributed by atoms with Gasteiger partial charge in [-0.2, -0.15) is 5.10 Å². The summed E-state index contributed by atoms with van der Waals surface area (Å²) in [4.78, 5) is 22.0. The van der Waals surface area contributed by atoms with Crippen molar-refractivity contribution in [3.8, 4) is 5.75 Å². The monoisotopic (exact) mass is 365 g/mol. The number of hydrogen-bond acceptors (Lipinski definition) is 6. The first-order valence-electron chi connectivity index (χ1n) is 7.95. The molecule has 0 atom stereocenters. The van der Waals surface area contributed by atoms with Gasteiger partial charge in [0.15, 0.2) is 5.76 Å². The second kappa shape index (κ2) is 8.43. The van der Waals surface area contributed by atoms with Crippen molar-refractivity contribution >= 4 is 17.8 Å². The predicted molar refractivity (Wildman–Crippen MR) is 97.6 cm³/mol. The molecule has 0 spiro atoms. The summed E-state index contributed by atoms with van der Waals surface area (Å²) >= 11 is 0. The fourth-order valence-corrected chi connectivity index (χ4v) is 2.22. The number of carbonyl (C=O) groups excluding carboxylic acids is 1. The molecular formula is C19H15N3O5. The molecule has 2 aromatic carbocycles. The van der Waals surface area contributed by atoms with Crippen molar-refractivity contribution in [2.45, 2.75) is 6.61 Å². The summed E-state index contributed by atoms with van der Waals surface area (Å²) in [6.07, 6.45) is 2.87. The molecule has 1 amide bonds. The number of hydrazone groups is 1. The molecule has 0 aliphatic carbocycles. The maximum atomic E-state index is 11.8. The number of nitro groups is 1. The van der Waals surface area contributed by atoms with E-state index in [9.17, 15) is 14.9 Å². The van der Waals surface area contributed by atoms with Gasteiger partial charge in [0, 0.05) is 17.7 Å². The van der Waals surface area contributed by atoms with Crippen LogP contribution in [0, 0.1) is 10.1 Å². The molecule has 0 saturated carbocycles. The van der Waals surface area contributed by atoms with Gasteiger partial charge in [-0.3, -0.25) is 14.9 Å². The van der Waals surface area contributed by atoms with E-state index < -0.39 is 10.8 Å². The molecule has 3 rings (SSSR count). The molecule has 8 heteroatoms. The van der Waals surface area contributed by atoms with Gasteiger partial charge in [-0.25, -0.2) is 5.43 Å². The Balaban J connectivity index is 1.62. The molecule has 1 heterocycles. The van der Waals surface area contributed by atoms with Crippen molar-refractivity contribution < 1.29 is 18.9 Å². The number of rotatable bonds is 7. The van der Waals surface area contributed by atoms with Crippen LogP contribution in [0.25, 0.3) is 0 Å². The van der Waals surface area contributed by atoms with E-state index >= 15 is 0 Å². The van der Waals surface area contributed by atoms with Crippen molar-refractivity contribution in [2.75, 3.05) is 0 Å². The molecular weight excluding hydrogens is 350 g/mol. The third-order valence-electron chi connectivity index (χ3n) is 3.58. The molecule has 0 radical (unpaired) electrons. The highest BCUT2D eigenvalue weighted by atomic mass is 16.6. The maximum absolute atomic E-state index is 11.8. The van der Waals surface area contributed by atoms with Gasteiger partial charge in [0.1, 0.15) is 12.4 Å². The summed E-state index contributed by atoms with van der Waals surface area (Å²) in [7, 11) is 0. The second-order valence-corrected chi connectivity index (χ2v) is 5.43. The Labute approximate surface area is 154 Å². The zero-order valence-electron chi connectivity index (χ0n) is 14.1. The minimum absolute atomic E-state index is 0.0265. The van der Waals surface area contributed by atoms with Crippen molar-refractivity contribution in [1.82, 2.24) is 5.43 Å². The van der Waals surface area contributed by atoms with Crippen LogP contribution in [-0.4, -0.2) is 17.0 Å². The molecule has 8 nitrogen and oxygen atoms in total. The molecule has 136 valence electrons. The third kappa shape index (κ3) is 4.79. The van der Waals surface area contributed by atoms with Crippen LogP contribution < -0.4 is 10.2 Å². The molecule has 0 fully saturated rings. The number of hydrogen-bond donors (Lipinski definition) is 1.